The van der Waals surface area contributed by atoms with Gasteiger partial charge in [-0.3, -0.25) is 0 Å². The summed E-state index contributed by atoms with van der Waals surface area (Å²) < 4.78 is 13.1. The predicted octanol–water partition coefficient (Wildman–Crippen LogP) is 4.30. The van der Waals surface area contributed by atoms with E-state index in [0.29, 0.717) is 17.6 Å². The van der Waals surface area contributed by atoms with E-state index in [9.17, 15) is 4.39 Å². The average molecular weight is 291 g/mol. The monoisotopic (exact) mass is 290 g/mol. The zero-order valence-electron chi connectivity index (χ0n) is 11.2. The first-order valence-corrected chi connectivity index (χ1v) is 7.06. The molecule has 1 aliphatic heterocycles. The third kappa shape index (κ3) is 2.46. The summed E-state index contributed by atoms with van der Waals surface area (Å²) in [5.41, 5.74) is 3.23. The fourth-order valence-electron chi connectivity index (χ4n) is 2.55. The van der Waals surface area contributed by atoms with Crippen molar-refractivity contribution in [2.75, 3.05) is 16.8 Å². The van der Waals surface area contributed by atoms with Crippen LogP contribution in [0.15, 0.2) is 42.5 Å². The van der Waals surface area contributed by atoms with Crippen molar-refractivity contribution in [2.24, 2.45) is 0 Å². The molecule has 0 radical (unpaired) electrons. The summed E-state index contributed by atoms with van der Waals surface area (Å²) >= 11 is 6.14. The molecule has 2 nitrogen and oxygen atoms in total. The highest BCUT2D eigenvalue weighted by atomic mass is 35.5. The van der Waals surface area contributed by atoms with E-state index in [4.69, 9.17) is 11.6 Å². The van der Waals surface area contributed by atoms with Crippen molar-refractivity contribution >= 4 is 23.0 Å². The second-order valence-corrected chi connectivity index (χ2v) is 5.52. The Morgan fingerprint density at radius 1 is 1.30 bits per heavy atom. The highest BCUT2D eigenvalue weighted by molar-refractivity contribution is 6.31. The van der Waals surface area contributed by atoms with Crippen molar-refractivity contribution < 1.29 is 4.39 Å². The number of fused-ring (bicyclic) bond motifs is 1. The van der Waals surface area contributed by atoms with E-state index in [2.05, 4.69) is 29.3 Å². The Labute approximate surface area is 123 Å². The van der Waals surface area contributed by atoms with Crippen LogP contribution in [-0.4, -0.2) is 12.6 Å². The molecule has 1 unspecified atom stereocenters. The smallest absolute Gasteiger partial charge is 0.124 e. The van der Waals surface area contributed by atoms with Gasteiger partial charge in [-0.15, -0.1) is 0 Å². The number of hydrogen-bond acceptors (Lipinski definition) is 2. The lowest BCUT2D eigenvalue weighted by Gasteiger charge is -2.38. The fraction of sp³-hybridized carbons (Fsp3) is 0.250. The third-order valence-corrected chi connectivity index (χ3v) is 4.04. The van der Waals surface area contributed by atoms with Crippen LogP contribution >= 0.6 is 11.6 Å². The van der Waals surface area contributed by atoms with Gasteiger partial charge in [-0.25, -0.2) is 4.39 Å². The van der Waals surface area contributed by atoms with Crippen LogP contribution in [0.1, 0.15) is 12.5 Å². The van der Waals surface area contributed by atoms with Gasteiger partial charge in [0.15, 0.2) is 0 Å². The van der Waals surface area contributed by atoms with E-state index in [1.54, 1.807) is 6.07 Å². The third-order valence-electron chi connectivity index (χ3n) is 3.69. The molecular formula is C16H16ClFN2. The van der Waals surface area contributed by atoms with E-state index in [1.807, 2.05) is 12.1 Å². The van der Waals surface area contributed by atoms with Gasteiger partial charge in [-0.05, 0) is 36.8 Å². The van der Waals surface area contributed by atoms with Gasteiger partial charge in [-0.1, -0.05) is 29.8 Å². The van der Waals surface area contributed by atoms with Gasteiger partial charge >= 0.3 is 0 Å². The van der Waals surface area contributed by atoms with Gasteiger partial charge in [0.2, 0.25) is 0 Å². The van der Waals surface area contributed by atoms with E-state index in [1.165, 1.54) is 12.1 Å². The molecule has 20 heavy (non-hydrogen) atoms. The summed E-state index contributed by atoms with van der Waals surface area (Å²) in [6.07, 6.45) is 0. The minimum absolute atomic E-state index is 0.299. The second kappa shape index (κ2) is 5.33. The molecule has 0 saturated carbocycles. The van der Waals surface area contributed by atoms with Crippen LogP contribution in [0.5, 0.6) is 0 Å². The molecule has 1 aliphatic rings. The van der Waals surface area contributed by atoms with Crippen molar-refractivity contribution in [2.45, 2.75) is 19.5 Å². The van der Waals surface area contributed by atoms with Crippen LogP contribution in [0, 0.1) is 5.82 Å². The lowest BCUT2D eigenvalue weighted by atomic mass is 10.1. The quantitative estimate of drug-likeness (QED) is 0.887. The lowest BCUT2D eigenvalue weighted by Crippen LogP contribution is -2.41. The normalized spacial score (nSPS) is 17.6. The molecule has 0 spiro atoms. The molecule has 0 aliphatic carbocycles. The zero-order chi connectivity index (χ0) is 14.1. The number of benzene rings is 2. The maximum absolute atomic E-state index is 13.1. The number of halogens is 2. The first-order valence-electron chi connectivity index (χ1n) is 6.68. The molecule has 3 rings (SSSR count). The summed E-state index contributed by atoms with van der Waals surface area (Å²) in [6, 6.07) is 13.1. The molecule has 2 aromatic carbocycles. The molecule has 0 aromatic heterocycles. The summed E-state index contributed by atoms with van der Waals surface area (Å²) in [4.78, 5) is 2.30. The van der Waals surface area contributed by atoms with E-state index in [-0.39, 0.29) is 5.82 Å². The Bertz CT molecular complexity index is 630. The van der Waals surface area contributed by atoms with Crippen LogP contribution in [-0.2, 0) is 6.54 Å². The van der Waals surface area contributed by atoms with Crippen molar-refractivity contribution in [3.8, 4) is 0 Å². The Morgan fingerprint density at radius 2 is 2.10 bits per heavy atom. The van der Waals surface area contributed by atoms with Gasteiger partial charge in [-0.2, -0.15) is 0 Å². The SMILES string of the molecule is CC1CNc2ccccc2N1Cc1ccc(F)cc1Cl. The van der Waals surface area contributed by atoms with Crippen LogP contribution in [0.4, 0.5) is 15.8 Å². The van der Waals surface area contributed by atoms with Crippen LogP contribution in [0.2, 0.25) is 5.02 Å². The van der Waals surface area contributed by atoms with Crippen molar-refractivity contribution in [3.63, 3.8) is 0 Å². The molecule has 0 saturated heterocycles. The number of nitrogens with zero attached hydrogens (tertiary/aromatic N) is 1. The number of para-hydroxylation sites is 2. The maximum Gasteiger partial charge on any atom is 0.124 e. The van der Waals surface area contributed by atoms with Gasteiger partial charge in [0, 0.05) is 24.2 Å². The molecule has 2 aromatic rings. The van der Waals surface area contributed by atoms with Gasteiger partial charge in [0.1, 0.15) is 5.82 Å². The number of anilines is 2. The Hall–Kier alpha value is -1.74. The molecule has 0 bridgehead atoms. The number of rotatable bonds is 2. The maximum atomic E-state index is 13.1. The number of hydrogen-bond donors (Lipinski definition) is 1. The minimum Gasteiger partial charge on any atom is -0.381 e. The number of nitrogens with one attached hydrogen (secondary N) is 1. The summed E-state index contributed by atoms with van der Waals surface area (Å²) in [5.74, 6) is -0.299. The highest BCUT2D eigenvalue weighted by Gasteiger charge is 2.23. The molecular weight excluding hydrogens is 275 g/mol. The Morgan fingerprint density at radius 3 is 2.90 bits per heavy atom. The van der Waals surface area contributed by atoms with Crippen LogP contribution < -0.4 is 10.2 Å². The van der Waals surface area contributed by atoms with Crippen molar-refractivity contribution in [3.05, 3.63) is 58.9 Å². The lowest BCUT2D eigenvalue weighted by molar-refractivity contribution is 0.622. The van der Waals surface area contributed by atoms with E-state index >= 15 is 0 Å². The van der Waals surface area contributed by atoms with Crippen LogP contribution in [0.3, 0.4) is 0 Å². The van der Waals surface area contributed by atoms with E-state index < -0.39 is 0 Å². The average Bonchev–Trinajstić information content (AvgIpc) is 2.44. The summed E-state index contributed by atoms with van der Waals surface area (Å²) in [7, 11) is 0. The molecule has 4 heteroatoms. The first kappa shape index (κ1) is 13.3. The Balaban J connectivity index is 1.93. The van der Waals surface area contributed by atoms with E-state index in [0.717, 1.165) is 23.5 Å². The molecule has 104 valence electrons. The van der Waals surface area contributed by atoms with Crippen molar-refractivity contribution in [1.29, 1.82) is 0 Å². The standard InChI is InChI=1S/C16H16ClFN2/c1-11-9-19-15-4-2-3-5-16(15)20(11)10-12-6-7-13(18)8-14(12)17/h2-8,11,19H,9-10H2,1H3. The summed E-state index contributed by atoms with van der Waals surface area (Å²) in [5, 5.41) is 3.90. The second-order valence-electron chi connectivity index (χ2n) is 5.11. The van der Waals surface area contributed by atoms with Crippen molar-refractivity contribution in [1.82, 2.24) is 0 Å². The van der Waals surface area contributed by atoms with Crippen LogP contribution in [0.25, 0.3) is 0 Å². The zero-order valence-corrected chi connectivity index (χ0v) is 12.0. The molecule has 1 N–H and O–H groups in total. The first-order chi connectivity index (χ1) is 9.65. The molecule has 0 amide bonds. The van der Waals surface area contributed by atoms with Gasteiger partial charge < -0.3 is 10.2 Å². The Kier molecular flexibility index (Phi) is 3.53. The summed E-state index contributed by atoms with van der Waals surface area (Å²) in [6.45, 7) is 3.73. The van der Waals surface area contributed by atoms with Gasteiger partial charge in [0.05, 0.1) is 11.4 Å². The predicted molar refractivity (Wildman–Crippen MR) is 82.0 cm³/mol. The highest BCUT2D eigenvalue weighted by Crippen LogP contribution is 2.33. The molecule has 0 fully saturated rings. The fourth-order valence-corrected chi connectivity index (χ4v) is 2.78. The topological polar surface area (TPSA) is 15.3 Å². The molecule has 1 heterocycles. The minimum atomic E-state index is -0.299. The molecule has 1 atom stereocenters. The largest absolute Gasteiger partial charge is 0.381 e. The van der Waals surface area contributed by atoms with Gasteiger partial charge in [0.25, 0.3) is 0 Å².